The molecule has 5 nitrogen and oxygen atoms in total. The normalized spacial score (nSPS) is 13.3. The molecule has 0 bridgehead atoms. The molecule has 0 heterocycles. The van der Waals surface area contributed by atoms with E-state index in [0.29, 0.717) is 17.7 Å². The van der Waals surface area contributed by atoms with Gasteiger partial charge in [-0.05, 0) is 68.9 Å². The van der Waals surface area contributed by atoms with E-state index in [9.17, 15) is 15.3 Å². The van der Waals surface area contributed by atoms with Crippen LogP contribution in [0.1, 0.15) is 144 Å². The van der Waals surface area contributed by atoms with Gasteiger partial charge in [-0.25, -0.2) is 0 Å². The second kappa shape index (κ2) is 14.8. The molecule has 6 heteroatoms. The van der Waals surface area contributed by atoms with E-state index < -0.39 is 11.6 Å². The third-order valence-corrected chi connectivity index (χ3v) is 6.85. The Labute approximate surface area is 274 Å². The maximum absolute atomic E-state index is 13.3. The number of hydrogen-bond donors (Lipinski definition) is 0. The van der Waals surface area contributed by atoms with Crippen LogP contribution >= 0.6 is 0 Å². The van der Waals surface area contributed by atoms with E-state index in [1.54, 1.807) is 26.3 Å². The fraction of sp³-hybridized carbons (Fsp3) is 0.622. The standard InChI is InChI=1S/C34H52N2O2.C3H7O.Al/c1-30(2,3)24-15-22(28(37)26(17-24)32(7,8)9)19-35-21-34(13,14)36-20-23-16-25(31(4,5)6)18-27(29(23)38)33(10,11)12;1-3(2)4;/h15-20,37-38H,21H2,1-14H3;3H,1-2H3;/q;-1;+3/p-2. The molecule has 0 saturated carbocycles. The van der Waals surface area contributed by atoms with Crippen molar-refractivity contribution in [3.05, 3.63) is 57.6 Å². The van der Waals surface area contributed by atoms with Gasteiger partial charge in [-0.1, -0.05) is 133 Å². The zero-order valence-corrected chi connectivity index (χ0v) is 31.1. The van der Waals surface area contributed by atoms with Crippen LogP contribution < -0.4 is 15.3 Å². The molecule has 2 aromatic carbocycles. The molecule has 0 N–H and O–H groups in total. The van der Waals surface area contributed by atoms with Gasteiger partial charge in [-0.15, -0.1) is 6.10 Å². The Bertz CT molecular complexity index is 1260. The Morgan fingerprint density at radius 1 is 0.605 bits per heavy atom. The summed E-state index contributed by atoms with van der Waals surface area (Å²) in [5, 5.41) is 36.1. The van der Waals surface area contributed by atoms with Crippen LogP contribution in [-0.2, 0) is 21.7 Å². The summed E-state index contributed by atoms with van der Waals surface area (Å²) in [4.78, 5) is 9.44. The van der Waals surface area contributed by atoms with Crippen LogP contribution in [0.25, 0.3) is 0 Å². The number of benzene rings is 2. The van der Waals surface area contributed by atoms with Crippen molar-refractivity contribution in [2.24, 2.45) is 9.98 Å². The first-order valence-electron chi connectivity index (χ1n) is 15.1. The van der Waals surface area contributed by atoms with Crippen LogP contribution in [0.3, 0.4) is 0 Å². The Morgan fingerprint density at radius 3 is 1.23 bits per heavy atom. The van der Waals surface area contributed by atoms with E-state index in [0.717, 1.165) is 22.3 Å². The number of rotatable bonds is 5. The van der Waals surface area contributed by atoms with Crippen LogP contribution in [0.2, 0.25) is 0 Å². The predicted molar refractivity (Wildman–Crippen MR) is 182 cm³/mol. The second-order valence-electron chi connectivity index (χ2n) is 16.5. The smallest absolute Gasteiger partial charge is 0.872 e. The maximum atomic E-state index is 13.3. The molecule has 0 fully saturated rings. The first kappa shape index (κ1) is 40.9. The molecule has 2 aromatic rings. The van der Waals surface area contributed by atoms with Crippen molar-refractivity contribution in [3.63, 3.8) is 0 Å². The molecular formula is C37H57AlN2O3. The van der Waals surface area contributed by atoms with Crippen LogP contribution in [0.15, 0.2) is 34.3 Å². The van der Waals surface area contributed by atoms with E-state index in [4.69, 9.17) is 4.99 Å². The molecule has 0 atom stereocenters. The van der Waals surface area contributed by atoms with Crippen molar-refractivity contribution in [1.82, 2.24) is 0 Å². The molecule has 0 amide bonds. The fourth-order valence-corrected chi connectivity index (χ4v) is 4.13. The summed E-state index contributed by atoms with van der Waals surface area (Å²) in [5.41, 5.74) is 3.85. The molecule has 236 valence electrons. The van der Waals surface area contributed by atoms with E-state index in [1.165, 1.54) is 0 Å². The average Bonchev–Trinajstić information content (AvgIpc) is 2.76. The van der Waals surface area contributed by atoms with Gasteiger partial charge in [-0.3, -0.25) is 9.98 Å². The third-order valence-electron chi connectivity index (χ3n) is 6.85. The van der Waals surface area contributed by atoms with Gasteiger partial charge in [0.25, 0.3) is 0 Å². The van der Waals surface area contributed by atoms with Gasteiger partial charge in [0.2, 0.25) is 0 Å². The van der Waals surface area contributed by atoms with Crippen molar-refractivity contribution in [3.8, 4) is 11.5 Å². The van der Waals surface area contributed by atoms with Gasteiger partial charge >= 0.3 is 17.4 Å². The topological polar surface area (TPSA) is 93.9 Å². The number of nitrogens with zero attached hydrogens (tertiary/aromatic N) is 2. The summed E-state index contributed by atoms with van der Waals surface area (Å²) >= 11 is 0. The van der Waals surface area contributed by atoms with E-state index in [2.05, 4.69) is 88.1 Å². The summed E-state index contributed by atoms with van der Waals surface area (Å²) in [6.07, 6.45) is 2.99. The number of hydrogen-bond acceptors (Lipinski definition) is 5. The van der Waals surface area contributed by atoms with Crippen molar-refractivity contribution in [2.45, 2.75) is 144 Å². The van der Waals surface area contributed by atoms with Gasteiger partial charge in [0.1, 0.15) is 0 Å². The maximum Gasteiger partial charge on any atom is 3.00 e. The Morgan fingerprint density at radius 2 is 0.930 bits per heavy atom. The minimum atomic E-state index is -0.542. The Balaban J connectivity index is 0.00000331. The van der Waals surface area contributed by atoms with Gasteiger partial charge in [0, 0.05) is 12.4 Å². The van der Waals surface area contributed by atoms with Crippen molar-refractivity contribution in [1.29, 1.82) is 0 Å². The molecule has 43 heavy (non-hydrogen) atoms. The molecule has 2 rings (SSSR count). The first-order chi connectivity index (χ1) is 18.7. The number of aliphatic imine (C=N–C) groups is 2. The van der Waals surface area contributed by atoms with E-state index in [1.807, 2.05) is 38.1 Å². The molecule has 0 aliphatic heterocycles. The van der Waals surface area contributed by atoms with Crippen LogP contribution in [0.4, 0.5) is 0 Å². The molecule has 0 aliphatic carbocycles. The summed E-state index contributed by atoms with van der Waals surface area (Å²) in [7, 11) is 0. The zero-order valence-electron chi connectivity index (χ0n) is 29.9. The second-order valence-corrected chi connectivity index (χ2v) is 16.5. The first-order valence-corrected chi connectivity index (χ1v) is 15.1. The Kier molecular flexibility index (Phi) is 14.0. The van der Waals surface area contributed by atoms with Crippen molar-refractivity contribution < 1.29 is 15.3 Å². The van der Waals surface area contributed by atoms with Crippen molar-refractivity contribution >= 4 is 29.8 Å². The minimum absolute atomic E-state index is 0. The van der Waals surface area contributed by atoms with Gasteiger partial charge in [-0.2, -0.15) is 0 Å². The third kappa shape index (κ3) is 12.8. The van der Waals surface area contributed by atoms with Crippen LogP contribution in [0, 0.1) is 0 Å². The monoisotopic (exact) mass is 604 g/mol. The summed E-state index contributed by atoms with van der Waals surface area (Å²) in [6, 6.07) is 8.03. The predicted octanol–water partition coefficient (Wildman–Crippen LogP) is 6.71. The average molecular weight is 605 g/mol. The summed E-state index contributed by atoms with van der Waals surface area (Å²) in [6.45, 7) is 32.9. The van der Waals surface area contributed by atoms with Crippen LogP contribution in [-0.4, -0.2) is 48.0 Å². The molecule has 0 radical (unpaired) electrons. The van der Waals surface area contributed by atoms with Crippen molar-refractivity contribution in [2.75, 3.05) is 6.54 Å². The molecular weight excluding hydrogens is 547 g/mol. The zero-order chi connectivity index (χ0) is 33.1. The van der Waals surface area contributed by atoms with E-state index in [-0.39, 0.29) is 50.5 Å². The summed E-state index contributed by atoms with van der Waals surface area (Å²) < 4.78 is 0. The molecule has 0 saturated heterocycles. The quantitative estimate of drug-likeness (QED) is 0.280. The molecule has 0 spiro atoms. The van der Waals surface area contributed by atoms with Crippen LogP contribution in [0.5, 0.6) is 11.5 Å². The Hall–Kier alpha value is -2.13. The van der Waals surface area contributed by atoms with Gasteiger partial charge in [0.05, 0.1) is 12.1 Å². The SMILES string of the molecule is CC(C)(CN=Cc1cc(C(C)(C)C)cc(C(C)(C)C)c1[O-])N=Cc1cc(C(C)(C)C)cc(C(C)(C)C)c1[O-].CC(C)[O-].[Al+3]. The minimum Gasteiger partial charge on any atom is -0.872 e. The molecule has 0 unspecified atom stereocenters. The molecule has 0 aliphatic rings. The van der Waals surface area contributed by atoms with Gasteiger partial charge in [0.15, 0.2) is 0 Å². The summed E-state index contributed by atoms with van der Waals surface area (Å²) in [5.74, 6) is 0.0542. The molecule has 0 aromatic heterocycles. The fourth-order valence-electron chi connectivity index (χ4n) is 4.13. The largest absolute Gasteiger partial charge is 3.00 e. The van der Waals surface area contributed by atoms with Gasteiger partial charge < -0.3 is 15.3 Å². The van der Waals surface area contributed by atoms with E-state index >= 15 is 0 Å².